The summed E-state index contributed by atoms with van der Waals surface area (Å²) < 4.78 is 0. The van der Waals surface area contributed by atoms with Crippen LogP contribution in [0.1, 0.15) is 25.3 Å². The molecular weight excluding hydrogens is 202 g/mol. The topological polar surface area (TPSA) is 62.4 Å². The highest BCUT2D eigenvalue weighted by molar-refractivity contribution is 5.41. The number of nitrogens with zero attached hydrogens (tertiary/aromatic N) is 2. The number of pyridine rings is 1. The van der Waals surface area contributed by atoms with Crippen LogP contribution in [0.4, 0.5) is 5.82 Å². The zero-order valence-corrected chi connectivity index (χ0v) is 9.69. The van der Waals surface area contributed by atoms with Crippen molar-refractivity contribution in [2.24, 2.45) is 5.73 Å². The van der Waals surface area contributed by atoms with Gasteiger partial charge in [-0.15, -0.1) is 0 Å². The summed E-state index contributed by atoms with van der Waals surface area (Å²) in [6, 6.07) is 3.87. The van der Waals surface area contributed by atoms with Crippen molar-refractivity contribution < 1.29 is 5.11 Å². The molecule has 2 heterocycles. The van der Waals surface area contributed by atoms with Crippen LogP contribution in [0, 0.1) is 0 Å². The number of hydrogen-bond acceptors (Lipinski definition) is 4. The molecule has 16 heavy (non-hydrogen) atoms. The first kappa shape index (κ1) is 11.4. The maximum absolute atomic E-state index is 9.97. The predicted molar refractivity (Wildman–Crippen MR) is 64.3 cm³/mol. The molecule has 1 atom stereocenters. The maximum Gasteiger partial charge on any atom is 0.128 e. The summed E-state index contributed by atoms with van der Waals surface area (Å²) in [5, 5.41) is 9.97. The lowest BCUT2D eigenvalue weighted by Gasteiger charge is -2.22. The average Bonchev–Trinajstić information content (AvgIpc) is 2.83. The Morgan fingerprint density at radius 1 is 1.44 bits per heavy atom. The normalized spacial score (nSPS) is 19.8. The van der Waals surface area contributed by atoms with Gasteiger partial charge in [0.1, 0.15) is 11.4 Å². The van der Waals surface area contributed by atoms with Crippen molar-refractivity contribution in [3.63, 3.8) is 0 Å². The lowest BCUT2D eigenvalue weighted by molar-refractivity contribution is 0.0665. The first-order valence-electron chi connectivity index (χ1n) is 5.77. The second kappa shape index (κ2) is 4.39. The molecule has 0 spiro atoms. The minimum atomic E-state index is -0.976. The van der Waals surface area contributed by atoms with E-state index in [0.717, 1.165) is 24.5 Å². The summed E-state index contributed by atoms with van der Waals surface area (Å²) in [6.07, 6.45) is 4.20. The molecule has 4 heteroatoms. The number of aromatic nitrogens is 1. The van der Waals surface area contributed by atoms with Gasteiger partial charge in [-0.25, -0.2) is 4.98 Å². The molecule has 0 bridgehead atoms. The van der Waals surface area contributed by atoms with E-state index >= 15 is 0 Å². The fourth-order valence-electron chi connectivity index (χ4n) is 1.96. The van der Waals surface area contributed by atoms with E-state index in [0.29, 0.717) is 0 Å². The molecule has 0 amide bonds. The van der Waals surface area contributed by atoms with Crippen molar-refractivity contribution in [1.29, 1.82) is 0 Å². The molecule has 1 saturated heterocycles. The van der Waals surface area contributed by atoms with E-state index in [1.54, 1.807) is 13.1 Å². The van der Waals surface area contributed by atoms with Crippen LogP contribution in [0.3, 0.4) is 0 Å². The Bertz CT molecular complexity index is 342. The van der Waals surface area contributed by atoms with E-state index in [2.05, 4.69) is 9.88 Å². The van der Waals surface area contributed by atoms with Crippen LogP contribution in [0.2, 0.25) is 0 Å². The summed E-state index contributed by atoms with van der Waals surface area (Å²) in [6.45, 7) is 4.08. The summed E-state index contributed by atoms with van der Waals surface area (Å²) >= 11 is 0. The van der Waals surface area contributed by atoms with Crippen molar-refractivity contribution in [1.82, 2.24) is 4.98 Å². The lowest BCUT2D eigenvalue weighted by atomic mass is 9.98. The number of anilines is 1. The van der Waals surface area contributed by atoms with Gasteiger partial charge in [-0.05, 0) is 25.8 Å². The van der Waals surface area contributed by atoms with E-state index in [1.165, 1.54) is 12.8 Å². The van der Waals surface area contributed by atoms with Gasteiger partial charge < -0.3 is 15.7 Å². The number of nitrogens with two attached hydrogens (primary N) is 1. The van der Waals surface area contributed by atoms with Crippen molar-refractivity contribution in [2.75, 3.05) is 24.5 Å². The largest absolute Gasteiger partial charge is 0.384 e. The molecule has 1 aliphatic heterocycles. The highest BCUT2D eigenvalue weighted by atomic mass is 16.3. The van der Waals surface area contributed by atoms with Crippen molar-refractivity contribution in [3.05, 3.63) is 23.9 Å². The molecule has 1 aromatic heterocycles. The Hall–Kier alpha value is -1.13. The van der Waals surface area contributed by atoms with Crippen LogP contribution in [0.15, 0.2) is 18.3 Å². The van der Waals surface area contributed by atoms with E-state index in [-0.39, 0.29) is 6.54 Å². The van der Waals surface area contributed by atoms with E-state index in [9.17, 15) is 5.11 Å². The van der Waals surface area contributed by atoms with Gasteiger partial charge in [-0.1, -0.05) is 6.07 Å². The summed E-state index contributed by atoms with van der Waals surface area (Å²) in [7, 11) is 0. The fraction of sp³-hybridized carbons (Fsp3) is 0.583. The Balaban J connectivity index is 2.15. The third kappa shape index (κ3) is 2.18. The third-order valence-electron chi connectivity index (χ3n) is 3.20. The molecule has 0 aliphatic carbocycles. The van der Waals surface area contributed by atoms with Gasteiger partial charge in [0, 0.05) is 31.4 Å². The first-order chi connectivity index (χ1) is 7.63. The van der Waals surface area contributed by atoms with Gasteiger partial charge >= 0.3 is 0 Å². The summed E-state index contributed by atoms with van der Waals surface area (Å²) in [5.74, 6) is 0.995. The third-order valence-corrected chi connectivity index (χ3v) is 3.20. The number of aliphatic hydroxyl groups is 1. The highest BCUT2D eigenvalue weighted by Crippen LogP contribution is 2.22. The van der Waals surface area contributed by atoms with Crippen LogP contribution in [0.5, 0.6) is 0 Å². The molecule has 2 rings (SSSR count). The van der Waals surface area contributed by atoms with E-state index in [4.69, 9.17) is 5.73 Å². The van der Waals surface area contributed by atoms with E-state index in [1.807, 2.05) is 12.1 Å². The zero-order valence-electron chi connectivity index (χ0n) is 9.69. The summed E-state index contributed by atoms with van der Waals surface area (Å²) in [5.41, 5.74) is 5.31. The van der Waals surface area contributed by atoms with Crippen LogP contribution < -0.4 is 10.6 Å². The van der Waals surface area contributed by atoms with Gasteiger partial charge in [0.2, 0.25) is 0 Å². The minimum Gasteiger partial charge on any atom is -0.384 e. The SMILES string of the molecule is CC(O)(CN)c1ccc(N2CCCC2)nc1. The highest BCUT2D eigenvalue weighted by Gasteiger charge is 2.22. The molecule has 3 N–H and O–H groups in total. The van der Waals surface area contributed by atoms with Crippen LogP contribution in [0.25, 0.3) is 0 Å². The molecule has 0 saturated carbocycles. The smallest absolute Gasteiger partial charge is 0.128 e. The van der Waals surface area contributed by atoms with Gasteiger partial charge in [-0.3, -0.25) is 0 Å². The molecule has 88 valence electrons. The molecule has 4 nitrogen and oxygen atoms in total. The van der Waals surface area contributed by atoms with Crippen molar-refractivity contribution in [3.8, 4) is 0 Å². The minimum absolute atomic E-state index is 0.206. The Morgan fingerprint density at radius 3 is 2.62 bits per heavy atom. The van der Waals surface area contributed by atoms with Crippen LogP contribution in [-0.4, -0.2) is 29.7 Å². The average molecular weight is 221 g/mol. The molecule has 1 aliphatic rings. The Labute approximate surface area is 96.1 Å². The predicted octanol–water partition coefficient (Wildman–Crippen LogP) is 0.848. The first-order valence-corrected chi connectivity index (χ1v) is 5.77. The van der Waals surface area contributed by atoms with Gasteiger partial charge in [0.25, 0.3) is 0 Å². The molecule has 1 fully saturated rings. The van der Waals surface area contributed by atoms with Gasteiger partial charge in [0.15, 0.2) is 0 Å². The Morgan fingerprint density at radius 2 is 2.12 bits per heavy atom. The van der Waals surface area contributed by atoms with E-state index < -0.39 is 5.60 Å². The molecule has 1 unspecified atom stereocenters. The molecular formula is C12H19N3O. The second-order valence-electron chi connectivity index (χ2n) is 4.58. The standard InChI is InChI=1S/C12H19N3O/c1-12(16,9-13)10-4-5-11(14-8-10)15-6-2-3-7-15/h4-5,8,16H,2-3,6-7,9,13H2,1H3. The molecule has 0 aromatic carbocycles. The maximum atomic E-state index is 9.97. The van der Waals surface area contributed by atoms with Crippen molar-refractivity contribution >= 4 is 5.82 Å². The monoisotopic (exact) mass is 221 g/mol. The van der Waals surface area contributed by atoms with Crippen LogP contribution >= 0.6 is 0 Å². The molecule has 1 aromatic rings. The molecule has 0 radical (unpaired) electrons. The van der Waals surface area contributed by atoms with Gasteiger partial charge in [-0.2, -0.15) is 0 Å². The number of rotatable bonds is 3. The zero-order chi connectivity index (χ0) is 11.6. The number of hydrogen-bond donors (Lipinski definition) is 2. The Kier molecular flexibility index (Phi) is 3.12. The van der Waals surface area contributed by atoms with Crippen molar-refractivity contribution in [2.45, 2.75) is 25.4 Å². The summed E-state index contributed by atoms with van der Waals surface area (Å²) in [4.78, 5) is 6.65. The lowest BCUT2D eigenvalue weighted by Crippen LogP contribution is -2.31. The van der Waals surface area contributed by atoms with Gasteiger partial charge in [0.05, 0.1) is 0 Å². The quantitative estimate of drug-likeness (QED) is 0.794. The second-order valence-corrected chi connectivity index (χ2v) is 4.58. The fourth-order valence-corrected chi connectivity index (χ4v) is 1.96. The van der Waals surface area contributed by atoms with Crippen LogP contribution in [-0.2, 0) is 5.60 Å².